The van der Waals surface area contributed by atoms with Gasteiger partial charge in [-0.3, -0.25) is 0 Å². The number of carbonyl (C=O) groups is 1. The van der Waals surface area contributed by atoms with E-state index in [4.69, 9.17) is 9.84 Å². The highest BCUT2D eigenvalue weighted by molar-refractivity contribution is 5.88. The normalized spacial score (nSPS) is 12.2. The van der Waals surface area contributed by atoms with Crippen LogP contribution in [0.15, 0.2) is 12.1 Å². The van der Waals surface area contributed by atoms with Gasteiger partial charge in [-0.2, -0.15) is 0 Å². The minimum absolute atomic E-state index is 0.0889. The first-order valence-electron chi connectivity index (χ1n) is 6.65. The van der Waals surface area contributed by atoms with Gasteiger partial charge in [-0.25, -0.2) is 9.78 Å². The van der Waals surface area contributed by atoms with Crippen molar-refractivity contribution in [3.63, 3.8) is 0 Å². The number of anilines is 1. The highest BCUT2D eigenvalue weighted by Crippen LogP contribution is 2.13. The lowest BCUT2D eigenvalue weighted by Gasteiger charge is -2.15. The second-order valence-electron chi connectivity index (χ2n) is 4.49. The number of rotatable bonds is 8. The minimum atomic E-state index is -0.930. The molecule has 0 saturated carbocycles. The third kappa shape index (κ3) is 5.26. The second kappa shape index (κ2) is 7.74. The molecule has 1 aromatic rings. The molecule has 1 atom stereocenters. The molecule has 2 N–H and O–H groups in total. The van der Waals surface area contributed by atoms with Gasteiger partial charge in [0, 0.05) is 18.3 Å². The molecule has 0 amide bonds. The van der Waals surface area contributed by atoms with Crippen molar-refractivity contribution in [3.8, 4) is 0 Å². The third-order valence-corrected chi connectivity index (χ3v) is 2.60. The molecule has 0 aliphatic heterocycles. The molecule has 5 heteroatoms. The number of aromatic carboxylic acids is 1. The summed E-state index contributed by atoms with van der Waals surface area (Å²) in [4.78, 5) is 15.5. The van der Waals surface area contributed by atoms with E-state index in [1.165, 1.54) is 0 Å². The summed E-state index contributed by atoms with van der Waals surface area (Å²) in [6, 6.07) is 3.28. The summed E-state index contributed by atoms with van der Waals surface area (Å²) in [5.41, 5.74) is 1.07. The molecule has 0 aliphatic rings. The van der Waals surface area contributed by atoms with Crippen molar-refractivity contribution in [2.75, 3.05) is 18.5 Å². The van der Waals surface area contributed by atoms with Gasteiger partial charge in [0.25, 0.3) is 0 Å². The van der Waals surface area contributed by atoms with E-state index in [1.54, 1.807) is 12.1 Å². The molecule has 106 valence electrons. The Morgan fingerprint density at radius 2 is 2.21 bits per heavy atom. The van der Waals surface area contributed by atoms with E-state index in [9.17, 15) is 4.79 Å². The van der Waals surface area contributed by atoms with Crippen LogP contribution < -0.4 is 5.32 Å². The largest absolute Gasteiger partial charge is 0.478 e. The van der Waals surface area contributed by atoms with Gasteiger partial charge in [-0.1, -0.05) is 13.3 Å². The number of carboxylic acids is 1. The van der Waals surface area contributed by atoms with Gasteiger partial charge >= 0.3 is 5.97 Å². The summed E-state index contributed by atoms with van der Waals surface area (Å²) < 4.78 is 5.32. The van der Waals surface area contributed by atoms with Crippen LogP contribution in [0, 0.1) is 0 Å². The second-order valence-corrected chi connectivity index (χ2v) is 4.49. The Balaban J connectivity index is 2.83. The van der Waals surface area contributed by atoms with Gasteiger partial charge in [0.1, 0.15) is 5.82 Å². The van der Waals surface area contributed by atoms with Crippen molar-refractivity contribution in [1.82, 2.24) is 4.98 Å². The van der Waals surface area contributed by atoms with Crippen molar-refractivity contribution in [2.24, 2.45) is 0 Å². The zero-order valence-corrected chi connectivity index (χ0v) is 11.8. The van der Waals surface area contributed by atoms with Crippen molar-refractivity contribution in [3.05, 3.63) is 23.4 Å². The van der Waals surface area contributed by atoms with Crippen LogP contribution in [-0.4, -0.2) is 35.3 Å². The van der Waals surface area contributed by atoms with E-state index in [1.807, 2.05) is 20.8 Å². The first-order valence-corrected chi connectivity index (χ1v) is 6.65. The zero-order chi connectivity index (χ0) is 14.3. The highest BCUT2D eigenvalue weighted by Gasteiger charge is 2.10. The maximum absolute atomic E-state index is 11.1. The van der Waals surface area contributed by atoms with Crippen LogP contribution in [0.1, 0.15) is 43.2 Å². The van der Waals surface area contributed by atoms with E-state index in [0.717, 1.165) is 18.5 Å². The summed E-state index contributed by atoms with van der Waals surface area (Å²) in [6.45, 7) is 7.19. The Morgan fingerprint density at radius 3 is 2.79 bits per heavy atom. The lowest BCUT2D eigenvalue weighted by atomic mass is 10.1. The molecule has 0 radical (unpaired) electrons. The average Bonchev–Trinajstić information content (AvgIpc) is 2.36. The predicted octanol–water partition coefficient (Wildman–Crippen LogP) is 2.57. The van der Waals surface area contributed by atoms with Crippen LogP contribution in [0.5, 0.6) is 0 Å². The van der Waals surface area contributed by atoms with Gasteiger partial charge in [-0.05, 0) is 32.4 Å². The molecule has 0 spiro atoms. The number of nitrogens with zero attached hydrogens (tertiary/aromatic N) is 1. The topological polar surface area (TPSA) is 71.5 Å². The number of carboxylic acid groups (broad SMARTS) is 1. The highest BCUT2D eigenvalue weighted by atomic mass is 16.5. The summed E-state index contributed by atoms with van der Waals surface area (Å²) in [5, 5.41) is 12.3. The molecule has 1 rings (SSSR count). The smallest absolute Gasteiger partial charge is 0.335 e. The number of aryl methyl sites for hydroxylation is 1. The molecule has 0 saturated heterocycles. The Hall–Kier alpha value is -1.62. The van der Waals surface area contributed by atoms with Crippen LogP contribution >= 0.6 is 0 Å². The van der Waals surface area contributed by atoms with Gasteiger partial charge in [0.2, 0.25) is 0 Å². The Kier molecular flexibility index (Phi) is 6.29. The maximum atomic E-state index is 11.1. The van der Waals surface area contributed by atoms with E-state index in [-0.39, 0.29) is 11.6 Å². The van der Waals surface area contributed by atoms with Gasteiger partial charge in [0.15, 0.2) is 0 Å². The molecular weight excluding hydrogens is 244 g/mol. The average molecular weight is 266 g/mol. The first kappa shape index (κ1) is 15.4. The Morgan fingerprint density at radius 1 is 1.47 bits per heavy atom. The first-order chi connectivity index (χ1) is 9.06. The Labute approximate surface area is 114 Å². The van der Waals surface area contributed by atoms with Gasteiger partial charge in [0.05, 0.1) is 12.2 Å². The minimum Gasteiger partial charge on any atom is -0.478 e. The fourth-order valence-corrected chi connectivity index (χ4v) is 1.76. The molecular formula is C14H22N2O3. The molecule has 0 aliphatic carbocycles. The lowest BCUT2D eigenvalue weighted by Crippen LogP contribution is -2.22. The molecule has 0 bridgehead atoms. The van der Waals surface area contributed by atoms with E-state index < -0.39 is 5.97 Å². The van der Waals surface area contributed by atoms with Crippen molar-refractivity contribution in [1.29, 1.82) is 0 Å². The number of nitrogens with one attached hydrogen (secondary N) is 1. The fraction of sp³-hybridized carbons (Fsp3) is 0.571. The number of pyridine rings is 1. The van der Waals surface area contributed by atoms with E-state index in [2.05, 4.69) is 10.3 Å². The van der Waals surface area contributed by atoms with Crippen LogP contribution in [-0.2, 0) is 11.2 Å². The monoisotopic (exact) mass is 266 g/mol. The molecule has 0 fully saturated rings. The van der Waals surface area contributed by atoms with E-state index >= 15 is 0 Å². The van der Waals surface area contributed by atoms with Gasteiger partial charge in [-0.15, -0.1) is 0 Å². The molecule has 1 heterocycles. The Bertz CT molecular complexity index is 421. The van der Waals surface area contributed by atoms with Crippen molar-refractivity contribution < 1.29 is 14.6 Å². The van der Waals surface area contributed by atoms with Gasteiger partial charge < -0.3 is 15.2 Å². The number of ether oxygens (including phenoxy) is 1. The molecule has 1 aromatic heterocycles. The van der Waals surface area contributed by atoms with E-state index in [0.29, 0.717) is 19.0 Å². The van der Waals surface area contributed by atoms with Crippen molar-refractivity contribution in [2.45, 2.75) is 39.7 Å². The molecule has 19 heavy (non-hydrogen) atoms. The lowest BCUT2D eigenvalue weighted by molar-refractivity contribution is 0.0696. The van der Waals surface area contributed by atoms with Crippen LogP contribution in [0.4, 0.5) is 5.82 Å². The molecule has 0 aromatic carbocycles. The van der Waals surface area contributed by atoms with Crippen LogP contribution in [0.2, 0.25) is 0 Å². The fourth-order valence-electron chi connectivity index (χ4n) is 1.76. The predicted molar refractivity (Wildman–Crippen MR) is 74.8 cm³/mol. The number of hydrogen-bond donors (Lipinski definition) is 2. The maximum Gasteiger partial charge on any atom is 0.335 e. The number of aromatic nitrogens is 1. The number of hydrogen-bond acceptors (Lipinski definition) is 4. The summed E-state index contributed by atoms with van der Waals surface area (Å²) in [5.74, 6) is -0.337. The van der Waals surface area contributed by atoms with Crippen LogP contribution in [0.25, 0.3) is 0 Å². The summed E-state index contributed by atoms with van der Waals surface area (Å²) >= 11 is 0. The summed E-state index contributed by atoms with van der Waals surface area (Å²) in [6.07, 6.45) is 1.71. The molecule has 5 nitrogen and oxygen atoms in total. The molecule has 1 unspecified atom stereocenters. The summed E-state index contributed by atoms with van der Waals surface area (Å²) in [7, 11) is 0. The zero-order valence-electron chi connectivity index (χ0n) is 11.8. The SMILES string of the molecule is CCCc1cc(C(=O)O)cc(NC(C)COCC)n1. The van der Waals surface area contributed by atoms with Crippen LogP contribution in [0.3, 0.4) is 0 Å². The third-order valence-electron chi connectivity index (χ3n) is 2.60. The quantitative estimate of drug-likeness (QED) is 0.756. The van der Waals surface area contributed by atoms with Crippen molar-refractivity contribution >= 4 is 11.8 Å². The standard InChI is InChI=1S/C14H22N2O3/c1-4-6-12-7-11(14(17)18)8-13(16-12)15-10(3)9-19-5-2/h7-8,10H,4-6,9H2,1-3H3,(H,15,16)(H,17,18).